The Hall–Kier alpha value is -1.75. The molecule has 19 heavy (non-hydrogen) atoms. The summed E-state index contributed by atoms with van der Waals surface area (Å²) in [6.07, 6.45) is 0. The Labute approximate surface area is 114 Å². The third kappa shape index (κ3) is 3.38. The highest BCUT2D eigenvalue weighted by molar-refractivity contribution is 5.81. The van der Waals surface area contributed by atoms with Gasteiger partial charge in [-0.2, -0.15) is 0 Å². The van der Waals surface area contributed by atoms with Gasteiger partial charge in [-0.1, -0.05) is 12.1 Å². The summed E-state index contributed by atoms with van der Waals surface area (Å²) in [5, 5.41) is 3.01. The van der Waals surface area contributed by atoms with Gasteiger partial charge in [-0.3, -0.25) is 0 Å². The van der Waals surface area contributed by atoms with Crippen LogP contribution < -0.4 is 15.0 Å². The van der Waals surface area contributed by atoms with Gasteiger partial charge in [-0.15, -0.1) is 0 Å². The molecule has 0 aliphatic heterocycles. The summed E-state index contributed by atoms with van der Waals surface area (Å²) in [6, 6.07) is 7.68. The zero-order valence-corrected chi connectivity index (χ0v) is 12.2. The van der Waals surface area contributed by atoms with Gasteiger partial charge in [0.1, 0.15) is 11.3 Å². The highest BCUT2D eigenvalue weighted by atomic mass is 16.5. The second-order valence-electron chi connectivity index (χ2n) is 4.60. The van der Waals surface area contributed by atoms with Crippen LogP contribution in [0, 0.1) is 0 Å². The number of carbonyl (C=O) groups excluding carboxylic acids is 1. The number of carbonyl (C=O) groups is 1. The van der Waals surface area contributed by atoms with E-state index in [1.807, 2.05) is 43.1 Å². The van der Waals surface area contributed by atoms with Crippen LogP contribution >= 0.6 is 0 Å². The van der Waals surface area contributed by atoms with Gasteiger partial charge in [0.25, 0.3) is 0 Å². The second-order valence-corrected chi connectivity index (χ2v) is 4.60. The van der Waals surface area contributed by atoms with Gasteiger partial charge in [-0.25, -0.2) is 4.79 Å². The lowest BCUT2D eigenvalue weighted by atomic mass is 10.0. The molecule has 0 amide bonds. The lowest BCUT2D eigenvalue weighted by Gasteiger charge is -2.32. The fourth-order valence-electron chi connectivity index (χ4n) is 1.98. The van der Waals surface area contributed by atoms with Crippen molar-refractivity contribution in [1.82, 2.24) is 5.32 Å². The highest BCUT2D eigenvalue weighted by Crippen LogP contribution is 2.27. The van der Waals surface area contributed by atoms with Crippen molar-refractivity contribution in [2.45, 2.75) is 12.5 Å². The number of ether oxygens (including phenoxy) is 2. The number of nitrogens with one attached hydrogen (secondary N) is 1. The minimum atomic E-state index is -0.773. The third-order valence-electron chi connectivity index (χ3n) is 3.24. The van der Waals surface area contributed by atoms with Crippen molar-refractivity contribution in [3.8, 4) is 5.75 Å². The van der Waals surface area contributed by atoms with Gasteiger partial charge in [0, 0.05) is 13.6 Å². The van der Waals surface area contributed by atoms with Gasteiger partial charge in [-0.05, 0) is 26.1 Å². The summed E-state index contributed by atoms with van der Waals surface area (Å²) in [5.41, 5.74) is 0.153. The summed E-state index contributed by atoms with van der Waals surface area (Å²) < 4.78 is 10.2. The van der Waals surface area contributed by atoms with Crippen molar-refractivity contribution in [3.05, 3.63) is 24.3 Å². The predicted molar refractivity (Wildman–Crippen MR) is 75.7 cm³/mol. The molecular formula is C14H22N2O3. The zero-order valence-electron chi connectivity index (χ0n) is 12.2. The Kier molecular flexibility index (Phi) is 5.18. The van der Waals surface area contributed by atoms with Crippen molar-refractivity contribution in [2.75, 3.05) is 39.8 Å². The number of methoxy groups -OCH3 is 2. The molecule has 1 aromatic carbocycles. The van der Waals surface area contributed by atoms with Crippen molar-refractivity contribution >= 4 is 11.7 Å². The quantitative estimate of drug-likeness (QED) is 0.786. The van der Waals surface area contributed by atoms with Crippen LogP contribution in [0.1, 0.15) is 6.92 Å². The Balaban J connectivity index is 2.94. The number of hydrogen-bond acceptors (Lipinski definition) is 5. The van der Waals surface area contributed by atoms with E-state index in [2.05, 4.69) is 5.32 Å². The van der Waals surface area contributed by atoms with Crippen LogP contribution in [0.15, 0.2) is 24.3 Å². The molecule has 0 aliphatic rings. The van der Waals surface area contributed by atoms with Crippen molar-refractivity contribution in [3.63, 3.8) is 0 Å². The van der Waals surface area contributed by atoms with Crippen LogP contribution in [0.2, 0.25) is 0 Å². The molecule has 5 heteroatoms. The largest absolute Gasteiger partial charge is 0.495 e. The summed E-state index contributed by atoms with van der Waals surface area (Å²) in [4.78, 5) is 13.8. The average molecular weight is 266 g/mol. The molecule has 0 saturated heterocycles. The van der Waals surface area contributed by atoms with E-state index >= 15 is 0 Å². The summed E-state index contributed by atoms with van der Waals surface area (Å²) in [5.74, 6) is 0.477. The average Bonchev–Trinajstić information content (AvgIpc) is 2.45. The van der Waals surface area contributed by atoms with E-state index in [-0.39, 0.29) is 5.97 Å². The van der Waals surface area contributed by atoms with Gasteiger partial charge >= 0.3 is 5.97 Å². The first kappa shape index (κ1) is 15.3. The van der Waals surface area contributed by atoms with E-state index < -0.39 is 5.54 Å². The van der Waals surface area contributed by atoms with Crippen LogP contribution in [-0.2, 0) is 9.53 Å². The van der Waals surface area contributed by atoms with Gasteiger partial charge in [0.15, 0.2) is 0 Å². The number of rotatable bonds is 6. The number of nitrogens with zero attached hydrogens (tertiary/aromatic N) is 1. The van der Waals surface area contributed by atoms with Gasteiger partial charge < -0.3 is 19.7 Å². The minimum absolute atomic E-state index is 0.295. The SMILES string of the molecule is CNC(C)(CN(C)c1ccccc1OC)C(=O)OC. The Morgan fingerprint density at radius 1 is 1.37 bits per heavy atom. The first-order valence-corrected chi connectivity index (χ1v) is 6.10. The molecule has 1 atom stereocenters. The monoisotopic (exact) mass is 266 g/mol. The van der Waals surface area contributed by atoms with E-state index in [0.29, 0.717) is 6.54 Å². The molecule has 0 bridgehead atoms. The number of para-hydroxylation sites is 2. The summed E-state index contributed by atoms with van der Waals surface area (Å²) >= 11 is 0. The lowest BCUT2D eigenvalue weighted by molar-refractivity contribution is -0.147. The first-order chi connectivity index (χ1) is 8.98. The fourth-order valence-corrected chi connectivity index (χ4v) is 1.98. The molecule has 1 unspecified atom stereocenters. The molecule has 0 aromatic heterocycles. The Morgan fingerprint density at radius 3 is 2.53 bits per heavy atom. The third-order valence-corrected chi connectivity index (χ3v) is 3.24. The number of likely N-dealkylation sites (N-methyl/N-ethyl adjacent to an activating group) is 2. The van der Waals surface area contributed by atoms with Crippen molar-refractivity contribution in [2.24, 2.45) is 0 Å². The predicted octanol–water partition coefficient (Wildman–Crippen LogP) is 1.28. The molecule has 0 heterocycles. The maximum Gasteiger partial charge on any atom is 0.327 e. The van der Waals surface area contributed by atoms with Gasteiger partial charge in [0.2, 0.25) is 0 Å². The van der Waals surface area contributed by atoms with Crippen LogP contribution in [0.5, 0.6) is 5.75 Å². The zero-order chi connectivity index (χ0) is 14.5. The van der Waals surface area contributed by atoms with E-state index in [1.54, 1.807) is 14.2 Å². The van der Waals surface area contributed by atoms with Crippen LogP contribution in [0.4, 0.5) is 5.69 Å². The van der Waals surface area contributed by atoms with Crippen molar-refractivity contribution < 1.29 is 14.3 Å². The minimum Gasteiger partial charge on any atom is -0.495 e. The second kappa shape index (κ2) is 6.43. The fraction of sp³-hybridized carbons (Fsp3) is 0.500. The molecule has 106 valence electrons. The van der Waals surface area contributed by atoms with Gasteiger partial charge in [0.05, 0.1) is 19.9 Å². The number of esters is 1. The molecule has 1 aromatic rings. The summed E-state index contributed by atoms with van der Waals surface area (Å²) in [7, 11) is 6.68. The Bertz CT molecular complexity index is 436. The van der Waals surface area contributed by atoms with E-state index in [4.69, 9.17) is 9.47 Å². The maximum absolute atomic E-state index is 11.8. The maximum atomic E-state index is 11.8. The number of anilines is 1. The topological polar surface area (TPSA) is 50.8 Å². The lowest BCUT2D eigenvalue weighted by Crippen LogP contribution is -2.55. The molecule has 1 rings (SSSR count). The highest BCUT2D eigenvalue weighted by Gasteiger charge is 2.34. The first-order valence-electron chi connectivity index (χ1n) is 6.10. The molecule has 5 nitrogen and oxygen atoms in total. The molecule has 1 N–H and O–H groups in total. The number of hydrogen-bond donors (Lipinski definition) is 1. The van der Waals surface area contributed by atoms with Crippen LogP contribution in [0.25, 0.3) is 0 Å². The smallest absolute Gasteiger partial charge is 0.327 e. The van der Waals surface area contributed by atoms with E-state index in [0.717, 1.165) is 11.4 Å². The van der Waals surface area contributed by atoms with Crippen LogP contribution in [-0.4, -0.2) is 46.4 Å². The van der Waals surface area contributed by atoms with Crippen LogP contribution in [0.3, 0.4) is 0 Å². The normalized spacial score (nSPS) is 13.5. The Morgan fingerprint density at radius 2 is 2.00 bits per heavy atom. The van der Waals surface area contributed by atoms with E-state index in [9.17, 15) is 4.79 Å². The molecule has 0 aliphatic carbocycles. The molecular weight excluding hydrogens is 244 g/mol. The molecule has 0 saturated carbocycles. The van der Waals surface area contributed by atoms with Crippen molar-refractivity contribution in [1.29, 1.82) is 0 Å². The molecule has 0 spiro atoms. The van der Waals surface area contributed by atoms with E-state index in [1.165, 1.54) is 7.11 Å². The molecule has 0 radical (unpaired) electrons. The number of benzene rings is 1. The molecule has 0 fully saturated rings. The summed E-state index contributed by atoms with van der Waals surface area (Å²) in [6.45, 7) is 2.28. The standard InChI is InChI=1S/C14H22N2O3/c1-14(15-2,13(17)19-5)10-16(3)11-8-6-7-9-12(11)18-4/h6-9,15H,10H2,1-5H3.